The van der Waals surface area contributed by atoms with Crippen LogP contribution in [-0.2, 0) is 16.6 Å². The molecule has 196 valence electrons. The second-order valence-corrected chi connectivity index (χ2v) is 10.4. The highest BCUT2D eigenvalue weighted by atomic mass is 19.4. The zero-order valence-electron chi connectivity index (χ0n) is 21.2. The first-order valence-electron chi connectivity index (χ1n) is 12.8. The second kappa shape index (κ2) is 10.0. The van der Waals surface area contributed by atoms with Gasteiger partial charge in [0.1, 0.15) is 0 Å². The van der Waals surface area contributed by atoms with E-state index in [0.717, 1.165) is 46.7 Å². The minimum atomic E-state index is -4.68. The van der Waals surface area contributed by atoms with Gasteiger partial charge in [0.2, 0.25) is 0 Å². The highest BCUT2D eigenvalue weighted by Crippen LogP contribution is 2.48. The van der Waals surface area contributed by atoms with Crippen molar-refractivity contribution in [2.45, 2.75) is 44.1 Å². The van der Waals surface area contributed by atoms with E-state index >= 15 is 0 Å². The number of morpholine rings is 1. The predicted molar refractivity (Wildman–Crippen MR) is 140 cm³/mol. The lowest BCUT2D eigenvalue weighted by Crippen LogP contribution is -2.44. The van der Waals surface area contributed by atoms with Crippen molar-refractivity contribution in [2.75, 3.05) is 42.6 Å². The summed E-state index contributed by atoms with van der Waals surface area (Å²) in [5.41, 5.74) is 5.55. The maximum absolute atomic E-state index is 13.4. The van der Waals surface area contributed by atoms with Crippen LogP contribution in [0.1, 0.15) is 29.2 Å². The number of alkyl halides is 3. The summed E-state index contributed by atoms with van der Waals surface area (Å²) < 4.78 is 45.9. The number of benzene rings is 3. The van der Waals surface area contributed by atoms with Crippen LogP contribution >= 0.6 is 0 Å². The minimum Gasteiger partial charge on any atom is -0.382 e. The summed E-state index contributed by atoms with van der Waals surface area (Å²) in [6.45, 7) is 6.18. The Hall–Kier alpha value is -3.03. The van der Waals surface area contributed by atoms with Gasteiger partial charge in [0.25, 0.3) is 0 Å². The summed E-state index contributed by atoms with van der Waals surface area (Å²) in [5, 5.41) is 9.99. The Morgan fingerprint density at radius 1 is 1.05 bits per heavy atom. The molecule has 0 aromatic heterocycles. The van der Waals surface area contributed by atoms with Crippen LogP contribution < -0.4 is 9.80 Å². The SMILES string of the molecule is Cc1cccc(CC2(c3cccc(N4CCO[C@@H](C)C4)c3)CN(C[C@@H](O)C(F)(F)F)c3ccccc32)c1. The molecule has 0 spiro atoms. The van der Waals surface area contributed by atoms with Gasteiger partial charge < -0.3 is 19.6 Å². The summed E-state index contributed by atoms with van der Waals surface area (Å²) >= 11 is 0. The van der Waals surface area contributed by atoms with Gasteiger partial charge in [0.15, 0.2) is 6.10 Å². The Labute approximate surface area is 216 Å². The summed E-state index contributed by atoms with van der Waals surface area (Å²) in [7, 11) is 0. The maximum atomic E-state index is 13.4. The molecule has 1 unspecified atom stereocenters. The molecule has 5 rings (SSSR count). The van der Waals surface area contributed by atoms with Crippen molar-refractivity contribution in [1.82, 2.24) is 0 Å². The number of hydrogen-bond acceptors (Lipinski definition) is 4. The molecule has 0 bridgehead atoms. The Bertz CT molecular complexity index is 1250. The van der Waals surface area contributed by atoms with E-state index in [0.29, 0.717) is 19.6 Å². The van der Waals surface area contributed by atoms with Gasteiger partial charge in [-0.05, 0) is 55.2 Å². The fraction of sp³-hybridized carbons (Fsp3) is 0.400. The van der Waals surface area contributed by atoms with E-state index < -0.39 is 24.2 Å². The molecule has 2 aliphatic heterocycles. The molecule has 37 heavy (non-hydrogen) atoms. The van der Waals surface area contributed by atoms with Crippen LogP contribution in [0.4, 0.5) is 24.5 Å². The van der Waals surface area contributed by atoms with Gasteiger partial charge in [-0.25, -0.2) is 0 Å². The molecule has 0 aliphatic carbocycles. The Morgan fingerprint density at radius 2 is 1.84 bits per heavy atom. The van der Waals surface area contributed by atoms with Crippen molar-refractivity contribution in [3.05, 3.63) is 95.1 Å². The Kier molecular flexibility index (Phi) is 6.94. The highest BCUT2D eigenvalue weighted by Gasteiger charge is 2.47. The largest absolute Gasteiger partial charge is 0.416 e. The van der Waals surface area contributed by atoms with Crippen LogP contribution in [0.2, 0.25) is 0 Å². The Balaban J connectivity index is 1.61. The third kappa shape index (κ3) is 5.20. The van der Waals surface area contributed by atoms with Gasteiger partial charge in [0, 0.05) is 36.4 Å². The molecule has 0 saturated carbocycles. The van der Waals surface area contributed by atoms with E-state index in [2.05, 4.69) is 42.2 Å². The van der Waals surface area contributed by atoms with E-state index in [9.17, 15) is 18.3 Å². The number of rotatable bonds is 6. The van der Waals surface area contributed by atoms with E-state index in [1.54, 1.807) is 4.90 Å². The molecule has 2 heterocycles. The molecule has 0 radical (unpaired) electrons. The number of fused-ring (bicyclic) bond motifs is 1. The molecular weight excluding hydrogens is 477 g/mol. The van der Waals surface area contributed by atoms with E-state index in [1.807, 2.05) is 49.4 Å². The first kappa shape index (κ1) is 25.6. The van der Waals surface area contributed by atoms with Crippen molar-refractivity contribution in [2.24, 2.45) is 0 Å². The molecule has 1 fully saturated rings. The van der Waals surface area contributed by atoms with Crippen LogP contribution in [-0.4, -0.2) is 56.3 Å². The molecule has 4 nitrogen and oxygen atoms in total. The lowest BCUT2D eigenvalue weighted by molar-refractivity contribution is -0.200. The summed E-state index contributed by atoms with van der Waals surface area (Å²) in [5.74, 6) is 0. The first-order valence-corrected chi connectivity index (χ1v) is 12.8. The standard InChI is InChI=1S/C30H33F3N2O2/c1-21-7-5-8-23(15-21)17-29(24-9-6-10-25(16-24)34-13-14-37-22(2)18-34)20-35(19-28(36)30(31,32)33)27-12-4-3-11-26(27)29/h3-12,15-16,22,28,36H,13-14,17-20H2,1-2H3/t22-,28+,29?/m0/s1. The van der Waals surface area contributed by atoms with Crippen molar-refractivity contribution in [3.63, 3.8) is 0 Å². The van der Waals surface area contributed by atoms with Crippen molar-refractivity contribution in [1.29, 1.82) is 0 Å². The van der Waals surface area contributed by atoms with Gasteiger partial charge in [-0.1, -0.05) is 60.2 Å². The van der Waals surface area contributed by atoms with E-state index in [-0.39, 0.29) is 6.10 Å². The number of aryl methyl sites for hydroxylation is 1. The number of anilines is 2. The molecule has 7 heteroatoms. The van der Waals surface area contributed by atoms with Gasteiger partial charge in [0.05, 0.1) is 19.3 Å². The summed E-state index contributed by atoms with van der Waals surface area (Å²) in [4.78, 5) is 4.01. The Morgan fingerprint density at radius 3 is 2.59 bits per heavy atom. The number of para-hydroxylation sites is 1. The molecule has 3 atom stereocenters. The molecule has 0 amide bonds. The van der Waals surface area contributed by atoms with Crippen LogP contribution in [0.5, 0.6) is 0 Å². The van der Waals surface area contributed by atoms with E-state index in [1.165, 1.54) is 0 Å². The lowest BCUT2D eigenvalue weighted by atomic mass is 9.71. The zero-order chi connectivity index (χ0) is 26.2. The third-order valence-electron chi connectivity index (χ3n) is 7.59. The number of nitrogens with zero attached hydrogens (tertiary/aromatic N) is 2. The first-order chi connectivity index (χ1) is 17.7. The van der Waals surface area contributed by atoms with Crippen LogP contribution in [0.25, 0.3) is 0 Å². The normalized spacial score (nSPS) is 22.7. The molecular formula is C30H33F3N2O2. The number of ether oxygens (including phenoxy) is 1. The average molecular weight is 511 g/mol. The lowest BCUT2D eigenvalue weighted by Gasteiger charge is -2.36. The van der Waals surface area contributed by atoms with Crippen molar-refractivity contribution in [3.8, 4) is 0 Å². The molecule has 3 aromatic carbocycles. The topological polar surface area (TPSA) is 35.9 Å². The zero-order valence-corrected chi connectivity index (χ0v) is 21.2. The summed E-state index contributed by atoms with van der Waals surface area (Å²) in [6.07, 6.45) is -6.33. The van der Waals surface area contributed by atoms with Gasteiger partial charge in [-0.15, -0.1) is 0 Å². The number of halogens is 3. The van der Waals surface area contributed by atoms with Crippen LogP contribution in [0.15, 0.2) is 72.8 Å². The average Bonchev–Trinajstić information content (AvgIpc) is 3.18. The summed E-state index contributed by atoms with van der Waals surface area (Å²) in [6, 6.07) is 24.4. The third-order valence-corrected chi connectivity index (χ3v) is 7.59. The quantitative estimate of drug-likeness (QED) is 0.476. The molecule has 1 N–H and O–H groups in total. The van der Waals surface area contributed by atoms with Crippen LogP contribution in [0.3, 0.4) is 0 Å². The monoisotopic (exact) mass is 510 g/mol. The minimum absolute atomic E-state index is 0.130. The molecule has 3 aromatic rings. The van der Waals surface area contributed by atoms with Crippen molar-refractivity contribution >= 4 is 11.4 Å². The number of hydrogen-bond donors (Lipinski definition) is 1. The van der Waals surface area contributed by atoms with Gasteiger partial charge in [-0.3, -0.25) is 0 Å². The fourth-order valence-electron chi connectivity index (χ4n) is 5.85. The molecule has 1 saturated heterocycles. The van der Waals surface area contributed by atoms with Gasteiger partial charge >= 0.3 is 6.18 Å². The number of aliphatic hydroxyl groups is 1. The van der Waals surface area contributed by atoms with Crippen LogP contribution in [0, 0.1) is 6.92 Å². The number of β-amino-alcohol motifs (C(OH)–C–C–N with tert-alkyl or cyclic N) is 1. The fourth-order valence-corrected chi connectivity index (χ4v) is 5.85. The highest BCUT2D eigenvalue weighted by molar-refractivity contribution is 5.68. The predicted octanol–water partition coefficient (Wildman–Crippen LogP) is 5.49. The van der Waals surface area contributed by atoms with Gasteiger partial charge in [-0.2, -0.15) is 13.2 Å². The molecule has 2 aliphatic rings. The van der Waals surface area contributed by atoms with E-state index in [4.69, 9.17) is 4.74 Å². The number of aliphatic hydroxyl groups excluding tert-OH is 1. The van der Waals surface area contributed by atoms with Crippen molar-refractivity contribution < 1.29 is 23.0 Å². The second-order valence-electron chi connectivity index (χ2n) is 10.4. The smallest absolute Gasteiger partial charge is 0.382 e. The maximum Gasteiger partial charge on any atom is 0.416 e.